The van der Waals surface area contributed by atoms with Gasteiger partial charge in [-0.3, -0.25) is 9.59 Å². The van der Waals surface area contributed by atoms with Gasteiger partial charge in [-0.2, -0.15) is 0 Å². The molecular weight excluding hydrogens is 304 g/mol. The third-order valence-electron chi connectivity index (χ3n) is 3.46. The zero-order valence-corrected chi connectivity index (χ0v) is 13.7. The first-order valence-corrected chi connectivity index (χ1v) is 7.96. The van der Waals surface area contributed by atoms with Crippen LogP contribution < -0.4 is 14.8 Å². The van der Waals surface area contributed by atoms with Gasteiger partial charge in [-0.15, -0.1) is 0 Å². The van der Waals surface area contributed by atoms with E-state index >= 15 is 0 Å². The number of hydrogen-bond acceptors (Lipinski definition) is 5. The predicted molar refractivity (Wildman–Crippen MR) is 85.5 cm³/mol. The number of carbonyl (C=O) groups is 2. The van der Waals surface area contributed by atoms with Crippen molar-refractivity contribution in [2.75, 3.05) is 33.1 Å². The highest BCUT2D eigenvalue weighted by Crippen LogP contribution is 2.29. The van der Waals surface area contributed by atoms with Crippen LogP contribution in [0, 0.1) is 0 Å². The van der Waals surface area contributed by atoms with Crippen LogP contribution in [0.2, 0.25) is 0 Å². The van der Waals surface area contributed by atoms with E-state index in [4.69, 9.17) is 9.47 Å². The number of methoxy groups -OCH3 is 2. The molecule has 0 spiro atoms. The molecule has 0 unspecified atom stereocenters. The molecule has 2 amide bonds. The highest BCUT2D eigenvalue weighted by Gasteiger charge is 2.24. The van der Waals surface area contributed by atoms with Gasteiger partial charge in [0.15, 0.2) is 11.5 Å². The second kappa shape index (κ2) is 7.40. The maximum Gasteiger partial charge on any atom is 0.282 e. The zero-order chi connectivity index (χ0) is 16.1. The molecule has 1 atom stereocenters. The first-order valence-electron chi connectivity index (χ1n) is 6.98. The molecule has 1 aliphatic rings. The number of hydrogen-bond donors (Lipinski definition) is 1. The molecule has 1 saturated heterocycles. The topological polar surface area (TPSA) is 67.9 Å². The molecule has 1 fully saturated rings. The molecule has 1 aliphatic heterocycles. The molecule has 0 aromatic heterocycles. The Bertz CT molecular complexity index is 564. The van der Waals surface area contributed by atoms with Crippen LogP contribution in [0.4, 0.5) is 4.79 Å². The summed E-state index contributed by atoms with van der Waals surface area (Å²) in [7, 11) is 3.15. The summed E-state index contributed by atoms with van der Waals surface area (Å²) in [5, 5.41) is 2.86. The van der Waals surface area contributed by atoms with E-state index in [0.29, 0.717) is 18.0 Å². The van der Waals surface area contributed by atoms with Gasteiger partial charge in [0.2, 0.25) is 5.91 Å². The molecular formula is C15H20N2O4S. The van der Waals surface area contributed by atoms with Crippen LogP contribution in [0.5, 0.6) is 11.5 Å². The van der Waals surface area contributed by atoms with Crippen LogP contribution in [0.3, 0.4) is 0 Å². The number of ether oxygens (including phenoxy) is 2. The monoisotopic (exact) mass is 324 g/mol. The molecule has 1 aromatic carbocycles. The smallest absolute Gasteiger partial charge is 0.282 e. The third-order valence-corrected chi connectivity index (χ3v) is 4.36. The third kappa shape index (κ3) is 3.85. The van der Waals surface area contributed by atoms with Gasteiger partial charge in [0.05, 0.1) is 20.3 Å². The molecule has 0 saturated carbocycles. The van der Waals surface area contributed by atoms with Crippen molar-refractivity contribution in [3.05, 3.63) is 23.8 Å². The van der Waals surface area contributed by atoms with Crippen molar-refractivity contribution in [2.45, 2.75) is 13.0 Å². The van der Waals surface area contributed by atoms with E-state index in [9.17, 15) is 9.59 Å². The van der Waals surface area contributed by atoms with E-state index < -0.39 is 0 Å². The Labute approximate surface area is 134 Å². The number of nitrogens with zero attached hydrogens (tertiary/aromatic N) is 1. The maximum absolute atomic E-state index is 12.0. The van der Waals surface area contributed by atoms with Crippen molar-refractivity contribution in [3.8, 4) is 11.5 Å². The molecule has 120 valence electrons. The summed E-state index contributed by atoms with van der Waals surface area (Å²) in [6.07, 6.45) is 0. The van der Waals surface area contributed by atoms with Crippen LogP contribution in [0.25, 0.3) is 0 Å². The van der Waals surface area contributed by atoms with E-state index in [0.717, 1.165) is 11.3 Å². The molecule has 6 nitrogen and oxygen atoms in total. The minimum Gasteiger partial charge on any atom is -0.493 e. The van der Waals surface area contributed by atoms with Crippen molar-refractivity contribution >= 4 is 22.9 Å². The van der Waals surface area contributed by atoms with E-state index in [2.05, 4.69) is 5.32 Å². The lowest BCUT2D eigenvalue weighted by molar-refractivity contribution is -0.122. The Morgan fingerprint density at radius 3 is 2.68 bits per heavy atom. The fraction of sp³-hybridized carbons (Fsp3) is 0.467. The predicted octanol–water partition coefficient (Wildman–Crippen LogP) is 2.05. The lowest BCUT2D eigenvalue weighted by Gasteiger charge is -2.19. The van der Waals surface area contributed by atoms with Crippen LogP contribution >= 0.6 is 11.8 Å². The van der Waals surface area contributed by atoms with E-state index in [1.165, 1.54) is 11.8 Å². The SMILES string of the molecule is COc1ccc([C@H](C)NC(=O)CN2CCSC2=O)cc1OC. The average Bonchev–Trinajstić information content (AvgIpc) is 2.91. The maximum atomic E-state index is 12.0. The van der Waals surface area contributed by atoms with Crippen LogP contribution in [-0.2, 0) is 4.79 Å². The summed E-state index contributed by atoms with van der Waals surface area (Å²) in [5.74, 6) is 1.84. The molecule has 7 heteroatoms. The highest BCUT2D eigenvalue weighted by atomic mass is 32.2. The summed E-state index contributed by atoms with van der Waals surface area (Å²) in [4.78, 5) is 25.1. The Morgan fingerprint density at radius 2 is 2.09 bits per heavy atom. The van der Waals surface area contributed by atoms with E-state index in [1.807, 2.05) is 19.1 Å². The Balaban J connectivity index is 1.97. The van der Waals surface area contributed by atoms with Crippen molar-refractivity contribution in [2.24, 2.45) is 0 Å². The first-order chi connectivity index (χ1) is 10.5. The van der Waals surface area contributed by atoms with Crippen molar-refractivity contribution < 1.29 is 19.1 Å². The van der Waals surface area contributed by atoms with Gasteiger partial charge >= 0.3 is 0 Å². The number of amides is 2. The number of thioether (sulfide) groups is 1. The summed E-state index contributed by atoms with van der Waals surface area (Å²) in [6.45, 7) is 2.62. The standard InChI is InChI=1S/C15H20N2O4S/c1-10(11-4-5-12(20-2)13(8-11)21-3)16-14(18)9-17-6-7-22-15(17)19/h4-5,8,10H,6-7,9H2,1-3H3,(H,16,18)/t10-/m0/s1. The van der Waals surface area contributed by atoms with Crippen LogP contribution in [-0.4, -0.2) is 49.1 Å². The van der Waals surface area contributed by atoms with Crippen molar-refractivity contribution in [1.29, 1.82) is 0 Å². The number of rotatable bonds is 6. The second-order valence-corrected chi connectivity index (χ2v) is 5.99. The van der Waals surface area contributed by atoms with Crippen molar-refractivity contribution in [1.82, 2.24) is 10.2 Å². The van der Waals surface area contributed by atoms with Crippen molar-refractivity contribution in [3.63, 3.8) is 0 Å². The second-order valence-electron chi connectivity index (χ2n) is 4.94. The highest BCUT2D eigenvalue weighted by molar-refractivity contribution is 8.13. The van der Waals surface area contributed by atoms with Crippen LogP contribution in [0.15, 0.2) is 18.2 Å². The summed E-state index contributed by atoms with van der Waals surface area (Å²) < 4.78 is 10.5. The van der Waals surface area contributed by atoms with Gasteiger partial charge in [-0.05, 0) is 24.6 Å². The average molecular weight is 324 g/mol. The molecule has 0 bridgehead atoms. The Hall–Kier alpha value is -1.89. The zero-order valence-electron chi connectivity index (χ0n) is 12.9. The van der Waals surface area contributed by atoms with Gasteiger partial charge in [0, 0.05) is 12.3 Å². The van der Waals surface area contributed by atoms with Crippen LogP contribution in [0.1, 0.15) is 18.5 Å². The molecule has 2 rings (SSSR count). The first kappa shape index (κ1) is 16.5. The Kier molecular flexibility index (Phi) is 5.54. The molecule has 0 radical (unpaired) electrons. The molecule has 1 aromatic rings. The van der Waals surface area contributed by atoms with Gasteiger partial charge in [0.1, 0.15) is 6.54 Å². The summed E-state index contributed by atoms with van der Waals surface area (Å²) in [6, 6.07) is 5.33. The minimum absolute atomic E-state index is 0.0334. The fourth-order valence-electron chi connectivity index (χ4n) is 2.24. The van der Waals surface area contributed by atoms with Gasteiger partial charge in [-0.25, -0.2) is 0 Å². The summed E-state index contributed by atoms with van der Waals surface area (Å²) >= 11 is 1.25. The summed E-state index contributed by atoms with van der Waals surface area (Å²) in [5.41, 5.74) is 0.910. The molecule has 22 heavy (non-hydrogen) atoms. The number of benzene rings is 1. The Morgan fingerprint density at radius 1 is 1.36 bits per heavy atom. The molecule has 0 aliphatic carbocycles. The lowest BCUT2D eigenvalue weighted by atomic mass is 10.1. The van der Waals surface area contributed by atoms with E-state index in [-0.39, 0.29) is 23.7 Å². The number of carbonyl (C=O) groups excluding carboxylic acids is 2. The normalized spacial score (nSPS) is 15.6. The molecule has 1 N–H and O–H groups in total. The minimum atomic E-state index is -0.183. The largest absolute Gasteiger partial charge is 0.493 e. The molecule has 1 heterocycles. The van der Waals surface area contributed by atoms with E-state index in [1.54, 1.807) is 25.2 Å². The van der Waals surface area contributed by atoms with Gasteiger partial charge in [-0.1, -0.05) is 17.8 Å². The van der Waals surface area contributed by atoms with Gasteiger partial charge in [0.25, 0.3) is 5.24 Å². The quantitative estimate of drug-likeness (QED) is 0.867. The van der Waals surface area contributed by atoms with Gasteiger partial charge < -0.3 is 19.7 Å². The fourth-order valence-corrected chi connectivity index (χ4v) is 3.06. The lowest BCUT2D eigenvalue weighted by Crippen LogP contribution is -2.38. The number of nitrogens with one attached hydrogen (secondary N) is 1.